The lowest BCUT2D eigenvalue weighted by Crippen LogP contribution is -2.14. The highest BCUT2D eigenvalue weighted by atomic mass is 32.1. The van der Waals surface area contributed by atoms with Gasteiger partial charge in [-0.25, -0.2) is 15.0 Å². The number of hydrogen-bond donors (Lipinski definition) is 1. The maximum Gasteiger partial charge on any atom is 0.232 e. The second-order valence-corrected chi connectivity index (χ2v) is 9.52. The first-order valence-electron chi connectivity index (χ1n) is 10.4. The molecule has 1 amide bonds. The van der Waals surface area contributed by atoms with Crippen LogP contribution in [0.4, 0.5) is 5.13 Å². The monoisotopic (exact) mass is 471 g/mol. The number of rotatable bonds is 6. The topological polar surface area (TPSA) is 72.7 Å². The number of aryl methyl sites for hydroxylation is 2. The van der Waals surface area contributed by atoms with Crippen LogP contribution >= 0.6 is 22.7 Å². The molecule has 0 atom stereocenters. The molecule has 0 aliphatic heterocycles. The molecule has 5 aromatic rings. The van der Waals surface area contributed by atoms with Gasteiger partial charge in [-0.05, 0) is 13.0 Å². The zero-order chi connectivity index (χ0) is 22.8. The van der Waals surface area contributed by atoms with Crippen molar-refractivity contribution >= 4 is 33.7 Å². The summed E-state index contributed by atoms with van der Waals surface area (Å²) < 4.78 is 1.95. The van der Waals surface area contributed by atoms with Gasteiger partial charge in [-0.1, -0.05) is 65.4 Å². The maximum atomic E-state index is 12.8. The Hall–Kier alpha value is -3.62. The predicted molar refractivity (Wildman–Crippen MR) is 134 cm³/mol. The van der Waals surface area contributed by atoms with Gasteiger partial charge in [0, 0.05) is 35.9 Å². The van der Waals surface area contributed by atoms with E-state index in [4.69, 9.17) is 4.98 Å². The lowest BCUT2D eigenvalue weighted by atomic mass is 10.1. The Bertz CT molecular complexity index is 1420. The van der Waals surface area contributed by atoms with E-state index >= 15 is 0 Å². The van der Waals surface area contributed by atoms with Crippen molar-refractivity contribution in [1.82, 2.24) is 19.5 Å². The Morgan fingerprint density at radius 1 is 1.06 bits per heavy atom. The van der Waals surface area contributed by atoms with Crippen LogP contribution in [0.2, 0.25) is 0 Å². The minimum absolute atomic E-state index is 0.143. The van der Waals surface area contributed by atoms with Gasteiger partial charge >= 0.3 is 0 Å². The standard InChI is InChI=1S/C25H21N5OS2/c1-16-7-6-10-18(13-16)24-27-19(15-32-24)14-20(31)28-25-29-21(17-8-4-3-5-9-17)22(33-25)23-26-11-12-30(23)2/h3-13,15H,14H2,1-2H3,(H,28,29,31). The summed E-state index contributed by atoms with van der Waals surface area (Å²) in [6.07, 6.45) is 3.85. The van der Waals surface area contributed by atoms with Crippen LogP contribution in [0, 0.1) is 6.92 Å². The molecule has 0 saturated carbocycles. The lowest BCUT2D eigenvalue weighted by Gasteiger charge is -2.02. The van der Waals surface area contributed by atoms with Crippen LogP contribution in [0.25, 0.3) is 32.5 Å². The average Bonchev–Trinajstić information content (AvgIpc) is 3.54. The highest BCUT2D eigenvalue weighted by Crippen LogP contribution is 2.38. The molecule has 0 unspecified atom stereocenters. The van der Waals surface area contributed by atoms with Gasteiger partial charge in [0.1, 0.15) is 5.01 Å². The summed E-state index contributed by atoms with van der Waals surface area (Å²) in [4.78, 5) is 27.6. The number of hydrogen-bond acceptors (Lipinski definition) is 6. The smallest absolute Gasteiger partial charge is 0.232 e. The Labute approximate surface area is 199 Å². The van der Waals surface area contributed by atoms with Gasteiger partial charge in [0.15, 0.2) is 11.0 Å². The van der Waals surface area contributed by atoms with E-state index in [0.717, 1.165) is 38.2 Å². The molecule has 164 valence electrons. The SMILES string of the molecule is Cc1cccc(-c2nc(CC(=O)Nc3nc(-c4ccccc4)c(-c4nccn4C)s3)cs2)c1. The van der Waals surface area contributed by atoms with Gasteiger partial charge in [0.05, 0.1) is 22.7 Å². The highest BCUT2D eigenvalue weighted by molar-refractivity contribution is 7.19. The van der Waals surface area contributed by atoms with Crippen LogP contribution in [0.15, 0.2) is 72.4 Å². The Kier molecular flexibility index (Phi) is 5.85. The summed E-state index contributed by atoms with van der Waals surface area (Å²) in [5.74, 6) is 0.671. The summed E-state index contributed by atoms with van der Waals surface area (Å²) in [5, 5.41) is 6.36. The highest BCUT2D eigenvalue weighted by Gasteiger charge is 2.19. The van der Waals surface area contributed by atoms with Gasteiger partial charge in [-0.2, -0.15) is 0 Å². The molecule has 0 bridgehead atoms. The molecule has 6 nitrogen and oxygen atoms in total. The number of carbonyl (C=O) groups excluding carboxylic acids is 1. The minimum atomic E-state index is -0.143. The third kappa shape index (κ3) is 4.62. The van der Waals surface area contributed by atoms with Crippen LogP contribution in [0.1, 0.15) is 11.3 Å². The molecule has 0 saturated heterocycles. The third-order valence-electron chi connectivity index (χ3n) is 5.10. The van der Waals surface area contributed by atoms with Crippen LogP contribution in [0.3, 0.4) is 0 Å². The molecule has 1 N–H and O–H groups in total. The second-order valence-electron chi connectivity index (χ2n) is 7.66. The number of benzene rings is 2. The van der Waals surface area contributed by atoms with Gasteiger partial charge in [-0.15, -0.1) is 11.3 Å². The summed E-state index contributed by atoms with van der Waals surface area (Å²) in [6.45, 7) is 2.06. The Morgan fingerprint density at radius 3 is 2.64 bits per heavy atom. The fraction of sp³-hybridized carbons (Fsp3) is 0.120. The molecule has 33 heavy (non-hydrogen) atoms. The van der Waals surface area contributed by atoms with Crippen molar-refractivity contribution in [2.24, 2.45) is 7.05 Å². The third-order valence-corrected chi connectivity index (χ3v) is 7.01. The molecule has 8 heteroatoms. The van der Waals surface area contributed by atoms with E-state index in [9.17, 15) is 4.79 Å². The number of amides is 1. The van der Waals surface area contributed by atoms with Crippen molar-refractivity contribution in [3.63, 3.8) is 0 Å². The molecule has 0 aliphatic rings. The Balaban J connectivity index is 1.37. The summed E-state index contributed by atoms with van der Waals surface area (Å²) in [7, 11) is 1.95. The van der Waals surface area contributed by atoms with E-state index in [-0.39, 0.29) is 12.3 Å². The van der Waals surface area contributed by atoms with E-state index in [1.54, 1.807) is 17.5 Å². The van der Waals surface area contributed by atoms with E-state index < -0.39 is 0 Å². The Morgan fingerprint density at radius 2 is 1.88 bits per heavy atom. The van der Waals surface area contributed by atoms with Crippen molar-refractivity contribution in [1.29, 1.82) is 0 Å². The van der Waals surface area contributed by atoms with Crippen LogP contribution in [-0.4, -0.2) is 25.4 Å². The molecular weight excluding hydrogens is 450 g/mol. The normalized spacial score (nSPS) is 11.0. The van der Waals surface area contributed by atoms with E-state index in [0.29, 0.717) is 5.13 Å². The molecule has 0 fully saturated rings. The van der Waals surface area contributed by atoms with Gasteiger partial charge in [-0.3, -0.25) is 4.79 Å². The summed E-state index contributed by atoms with van der Waals surface area (Å²) >= 11 is 2.97. The molecule has 3 aromatic heterocycles. The van der Waals surface area contributed by atoms with Crippen molar-refractivity contribution in [2.45, 2.75) is 13.3 Å². The molecule has 2 aromatic carbocycles. The van der Waals surface area contributed by atoms with Crippen molar-refractivity contribution in [3.8, 4) is 32.5 Å². The second kappa shape index (κ2) is 9.09. The zero-order valence-electron chi connectivity index (χ0n) is 18.1. The van der Waals surface area contributed by atoms with E-state index in [1.165, 1.54) is 16.9 Å². The van der Waals surface area contributed by atoms with Crippen molar-refractivity contribution in [3.05, 3.63) is 83.6 Å². The lowest BCUT2D eigenvalue weighted by molar-refractivity contribution is -0.115. The molecule has 0 radical (unpaired) electrons. The first-order chi connectivity index (χ1) is 16.1. The fourth-order valence-electron chi connectivity index (χ4n) is 3.53. The maximum absolute atomic E-state index is 12.8. The molecule has 0 spiro atoms. The molecular formula is C25H21N5OS2. The molecule has 3 heterocycles. The van der Waals surface area contributed by atoms with E-state index in [1.807, 2.05) is 65.7 Å². The van der Waals surface area contributed by atoms with Crippen LogP contribution in [0.5, 0.6) is 0 Å². The molecule has 5 rings (SSSR count). The number of anilines is 1. The average molecular weight is 472 g/mol. The number of nitrogens with zero attached hydrogens (tertiary/aromatic N) is 4. The minimum Gasteiger partial charge on any atom is -0.333 e. The fourth-order valence-corrected chi connectivity index (χ4v) is 5.39. The van der Waals surface area contributed by atoms with Crippen LogP contribution in [-0.2, 0) is 18.3 Å². The largest absolute Gasteiger partial charge is 0.333 e. The number of nitrogens with one attached hydrogen (secondary N) is 1. The first-order valence-corrected chi connectivity index (χ1v) is 12.1. The quantitative estimate of drug-likeness (QED) is 0.338. The number of aromatic nitrogens is 4. The summed E-state index contributed by atoms with van der Waals surface area (Å²) in [5.41, 5.74) is 4.79. The number of thiazole rings is 2. The van der Waals surface area contributed by atoms with E-state index in [2.05, 4.69) is 34.3 Å². The zero-order valence-corrected chi connectivity index (χ0v) is 19.8. The van der Waals surface area contributed by atoms with Gasteiger partial charge in [0.25, 0.3) is 0 Å². The van der Waals surface area contributed by atoms with Crippen molar-refractivity contribution < 1.29 is 4.79 Å². The van der Waals surface area contributed by atoms with Gasteiger partial charge in [0.2, 0.25) is 5.91 Å². The predicted octanol–water partition coefficient (Wildman–Crippen LogP) is 5.82. The first kappa shape index (κ1) is 21.2. The molecule has 0 aliphatic carbocycles. The summed E-state index contributed by atoms with van der Waals surface area (Å²) in [6, 6.07) is 18.2. The van der Waals surface area contributed by atoms with Gasteiger partial charge < -0.3 is 9.88 Å². The number of carbonyl (C=O) groups is 1. The van der Waals surface area contributed by atoms with Crippen molar-refractivity contribution in [2.75, 3.05) is 5.32 Å². The van der Waals surface area contributed by atoms with Crippen LogP contribution < -0.4 is 5.32 Å². The number of imidazole rings is 1.